The Morgan fingerprint density at radius 2 is 2.04 bits per heavy atom. The molecule has 1 heterocycles. The maximum atomic E-state index is 13.0. The summed E-state index contributed by atoms with van der Waals surface area (Å²) in [5, 5.41) is 5.05. The van der Waals surface area contributed by atoms with Gasteiger partial charge in [-0.1, -0.05) is 6.92 Å². The van der Waals surface area contributed by atoms with Gasteiger partial charge in [0.1, 0.15) is 11.5 Å². The third-order valence-electron chi connectivity index (χ3n) is 3.89. The van der Waals surface area contributed by atoms with Crippen molar-refractivity contribution in [1.82, 2.24) is 0 Å². The van der Waals surface area contributed by atoms with Crippen LogP contribution < -0.4 is 20.1 Å². The van der Waals surface area contributed by atoms with E-state index in [4.69, 9.17) is 9.47 Å². The van der Waals surface area contributed by atoms with Gasteiger partial charge in [0.05, 0.1) is 23.5 Å². The number of ether oxygens (including phenoxy) is 2. The van der Waals surface area contributed by atoms with Crippen LogP contribution in [0.4, 0.5) is 24.5 Å². The Bertz CT molecular complexity index is 913. The van der Waals surface area contributed by atoms with E-state index in [0.717, 1.165) is 12.1 Å². The molecule has 148 valence electrons. The summed E-state index contributed by atoms with van der Waals surface area (Å²) in [6.45, 7) is 1.97. The van der Waals surface area contributed by atoms with E-state index < -0.39 is 17.6 Å². The molecule has 0 fully saturated rings. The number of benzene rings is 2. The molecule has 0 spiro atoms. The van der Waals surface area contributed by atoms with E-state index in [1.807, 2.05) is 6.92 Å². The summed E-state index contributed by atoms with van der Waals surface area (Å²) in [6.07, 6.45) is -3.90. The van der Waals surface area contributed by atoms with E-state index in [-0.39, 0.29) is 29.5 Å². The predicted molar refractivity (Wildman–Crippen MR) is 95.7 cm³/mol. The SMILES string of the molecule is CCCOc1ccc(C(F)(F)F)cc1NC(=O)c1ccc2c(c1)OCC(=O)N2. The standard InChI is InChI=1S/C19H17F3N2O4/c1-2-7-27-15-6-4-12(19(20,21)22)9-14(15)24-18(26)11-3-5-13-16(8-11)28-10-17(25)23-13/h3-6,8-9H,2,7,10H2,1H3,(H,23,25)(H,24,26). The molecule has 28 heavy (non-hydrogen) atoms. The molecule has 0 bridgehead atoms. The summed E-state index contributed by atoms with van der Waals surface area (Å²) in [5.74, 6) is -0.501. The highest BCUT2D eigenvalue weighted by Gasteiger charge is 2.31. The summed E-state index contributed by atoms with van der Waals surface area (Å²) >= 11 is 0. The summed E-state index contributed by atoms with van der Waals surface area (Å²) in [6, 6.07) is 7.24. The summed E-state index contributed by atoms with van der Waals surface area (Å²) in [5.41, 5.74) is -0.407. The van der Waals surface area contributed by atoms with Gasteiger partial charge in [-0.05, 0) is 42.8 Å². The minimum atomic E-state index is -4.55. The Labute approximate surface area is 158 Å². The number of halogens is 3. The quantitative estimate of drug-likeness (QED) is 0.801. The van der Waals surface area contributed by atoms with Crippen molar-refractivity contribution < 1.29 is 32.2 Å². The van der Waals surface area contributed by atoms with E-state index in [1.54, 1.807) is 0 Å². The topological polar surface area (TPSA) is 76.7 Å². The monoisotopic (exact) mass is 394 g/mol. The second-order valence-electron chi connectivity index (χ2n) is 6.06. The Morgan fingerprint density at radius 3 is 2.75 bits per heavy atom. The van der Waals surface area contributed by atoms with Gasteiger partial charge in [-0.25, -0.2) is 0 Å². The van der Waals surface area contributed by atoms with Gasteiger partial charge in [-0.15, -0.1) is 0 Å². The number of carbonyl (C=O) groups excluding carboxylic acids is 2. The van der Waals surface area contributed by atoms with Gasteiger partial charge in [0.25, 0.3) is 11.8 Å². The molecular weight excluding hydrogens is 377 g/mol. The van der Waals surface area contributed by atoms with Crippen LogP contribution in [0.3, 0.4) is 0 Å². The van der Waals surface area contributed by atoms with Crippen molar-refractivity contribution in [2.45, 2.75) is 19.5 Å². The molecule has 2 N–H and O–H groups in total. The van der Waals surface area contributed by atoms with E-state index in [1.165, 1.54) is 24.3 Å². The number of rotatable bonds is 5. The second-order valence-corrected chi connectivity index (χ2v) is 6.06. The molecule has 2 amide bonds. The number of amides is 2. The lowest BCUT2D eigenvalue weighted by molar-refractivity contribution is -0.137. The Morgan fingerprint density at radius 1 is 1.25 bits per heavy atom. The van der Waals surface area contributed by atoms with Crippen molar-refractivity contribution in [3.63, 3.8) is 0 Å². The maximum absolute atomic E-state index is 13.0. The average Bonchev–Trinajstić information content (AvgIpc) is 2.65. The van der Waals surface area contributed by atoms with E-state index in [0.29, 0.717) is 24.5 Å². The first kappa shape index (κ1) is 19.5. The summed E-state index contributed by atoms with van der Waals surface area (Å²) in [4.78, 5) is 23.9. The van der Waals surface area contributed by atoms with Gasteiger partial charge in [-0.3, -0.25) is 9.59 Å². The zero-order chi connectivity index (χ0) is 20.3. The number of alkyl halides is 3. The summed E-state index contributed by atoms with van der Waals surface area (Å²) < 4.78 is 49.8. The Hall–Kier alpha value is -3.23. The van der Waals surface area contributed by atoms with E-state index in [2.05, 4.69) is 10.6 Å². The Kier molecular flexibility index (Phi) is 5.43. The lowest BCUT2D eigenvalue weighted by Crippen LogP contribution is -2.25. The molecule has 0 atom stereocenters. The molecule has 6 nitrogen and oxygen atoms in total. The third kappa shape index (κ3) is 4.36. The van der Waals surface area contributed by atoms with Crippen molar-refractivity contribution in [2.24, 2.45) is 0 Å². The fourth-order valence-electron chi connectivity index (χ4n) is 2.55. The lowest BCUT2D eigenvalue weighted by Gasteiger charge is -2.19. The van der Waals surface area contributed by atoms with Crippen LogP contribution in [0.1, 0.15) is 29.3 Å². The van der Waals surface area contributed by atoms with E-state index >= 15 is 0 Å². The normalized spacial score (nSPS) is 13.2. The van der Waals surface area contributed by atoms with Gasteiger partial charge < -0.3 is 20.1 Å². The third-order valence-corrected chi connectivity index (χ3v) is 3.89. The predicted octanol–water partition coefficient (Wildman–Crippen LogP) is 4.08. The minimum Gasteiger partial charge on any atom is -0.491 e. The van der Waals surface area contributed by atoms with Crippen LogP contribution >= 0.6 is 0 Å². The first-order valence-electron chi connectivity index (χ1n) is 8.50. The smallest absolute Gasteiger partial charge is 0.416 e. The average molecular weight is 394 g/mol. The molecule has 1 aliphatic rings. The van der Waals surface area contributed by atoms with Gasteiger partial charge in [0.15, 0.2) is 6.61 Å². The van der Waals surface area contributed by atoms with Crippen molar-refractivity contribution >= 4 is 23.2 Å². The minimum absolute atomic E-state index is 0.0831. The molecule has 0 saturated carbocycles. The zero-order valence-electron chi connectivity index (χ0n) is 14.9. The molecular formula is C19H17F3N2O4. The highest BCUT2D eigenvalue weighted by molar-refractivity contribution is 6.06. The van der Waals surface area contributed by atoms with Crippen molar-refractivity contribution in [2.75, 3.05) is 23.8 Å². The fourth-order valence-corrected chi connectivity index (χ4v) is 2.55. The van der Waals surface area contributed by atoms with Crippen LogP contribution in [0.5, 0.6) is 11.5 Å². The number of carbonyl (C=O) groups is 2. The van der Waals surface area contributed by atoms with Gasteiger partial charge >= 0.3 is 6.18 Å². The number of hydrogen-bond acceptors (Lipinski definition) is 4. The molecule has 3 rings (SSSR count). The maximum Gasteiger partial charge on any atom is 0.416 e. The van der Waals surface area contributed by atoms with Crippen LogP contribution in [-0.2, 0) is 11.0 Å². The molecule has 2 aromatic rings. The number of nitrogens with one attached hydrogen (secondary N) is 2. The van der Waals surface area contributed by atoms with Gasteiger partial charge in [0.2, 0.25) is 0 Å². The molecule has 0 aliphatic carbocycles. The van der Waals surface area contributed by atoms with Crippen LogP contribution in [-0.4, -0.2) is 25.0 Å². The second kappa shape index (κ2) is 7.79. The van der Waals surface area contributed by atoms with E-state index in [9.17, 15) is 22.8 Å². The fraction of sp³-hybridized carbons (Fsp3) is 0.263. The van der Waals surface area contributed by atoms with Crippen LogP contribution in [0.2, 0.25) is 0 Å². The van der Waals surface area contributed by atoms with Crippen LogP contribution in [0.25, 0.3) is 0 Å². The van der Waals surface area contributed by atoms with Crippen molar-refractivity contribution in [1.29, 1.82) is 0 Å². The molecule has 0 radical (unpaired) electrons. The molecule has 0 saturated heterocycles. The highest BCUT2D eigenvalue weighted by Crippen LogP contribution is 2.36. The molecule has 1 aliphatic heterocycles. The van der Waals surface area contributed by atoms with Crippen molar-refractivity contribution in [3.05, 3.63) is 47.5 Å². The van der Waals surface area contributed by atoms with Gasteiger partial charge in [0, 0.05) is 5.56 Å². The molecule has 2 aromatic carbocycles. The lowest BCUT2D eigenvalue weighted by atomic mass is 10.1. The van der Waals surface area contributed by atoms with Crippen LogP contribution in [0, 0.1) is 0 Å². The largest absolute Gasteiger partial charge is 0.491 e. The zero-order valence-corrected chi connectivity index (χ0v) is 14.9. The van der Waals surface area contributed by atoms with Gasteiger partial charge in [-0.2, -0.15) is 13.2 Å². The van der Waals surface area contributed by atoms with Crippen LogP contribution in [0.15, 0.2) is 36.4 Å². The molecule has 0 aromatic heterocycles. The molecule has 9 heteroatoms. The van der Waals surface area contributed by atoms with Crippen molar-refractivity contribution in [3.8, 4) is 11.5 Å². The first-order chi connectivity index (χ1) is 13.3. The highest BCUT2D eigenvalue weighted by atomic mass is 19.4. The first-order valence-corrected chi connectivity index (χ1v) is 8.50. The summed E-state index contributed by atoms with van der Waals surface area (Å²) in [7, 11) is 0. The molecule has 0 unspecified atom stereocenters. The number of anilines is 2. The Balaban J connectivity index is 1.87. The number of fused-ring (bicyclic) bond motifs is 1. The number of hydrogen-bond donors (Lipinski definition) is 2.